The lowest BCUT2D eigenvalue weighted by Gasteiger charge is -2.06. The summed E-state index contributed by atoms with van der Waals surface area (Å²) in [5.41, 5.74) is 0.0357. The highest BCUT2D eigenvalue weighted by Gasteiger charge is 2.09. The number of ketones is 1. The lowest BCUT2D eigenvalue weighted by Crippen LogP contribution is -1.98. The number of nitro groups is 1. The smallest absolute Gasteiger partial charge is 0.262 e. The molecule has 0 fully saturated rings. The maximum Gasteiger partial charge on any atom is 0.262 e. The van der Waals surface area contributed by atoms with Crippen LogP contribution >= 0.6 is 23.2 Å². The zero-order chi connectivity index (χ0) is 16.3. The molecule has 0 atom stereocenters. The molecular formula is C15H8Cl2NO4-. The van der Waals surface area contributed by atoms with Gasteiger partial charge in [0.2, 0.25) is 0 Å². The van der Waals surface area contributed by atoms with Gasteiger partial charge in [-0.1, -0.05) is 41.4 Å². The molecule has 0 aliphatic rings. The second kappa shape index (κ2) is 6.60. The van der Waals surface area contributed by atoms with Crippen LogP contribution in [0.5, 0.6) is 5.75 Å². The minimum Gasteiger partial charge on any atom is -0.868 e. The van der Waals surface area contributed by atoms with E-state index in [2.05, 4.69) is 0 Å². The Balaban J connectivity index is 2.28. The van der Waals surface area contributed by atoms with Crippen LogP contribution in [0.3, 0.4) is 0 Å². The maximum atomic E-state index is 12.1. The summed E-state index contributed by atoms with van der Waals surface area (Å²) in [6, 6.07) is 8.06. The number of nitrogens with zero attached hydrogens (tertiary/aromatic N) is 1. The Morgan fingerprint density at radius 3 is 2.55 bits per heavy atom. The summed E-state index contributed by atoms with van der Waals surface area (Å²) >= 11 is 11.7. The predicted octanol–water partition coefficient (Wildman–Crippen LogP) is 3.87. The number of rotatable bonds is 4. The van der Waals surface area contributed by atoms with Crippen LogP contribution in [-0.2, 0) is 0 Å². The molecule has 0 spiro atoms. The molecule has 2 rings (SSSR count). The summed E-state index contributed by atoms with van der Waals surface area (Å²) in [6.07, 6.45) is 2.58. The first-order valence-corrected chi connectivity index (χ1v) is 6.77. The number of carbonyl (C=O) groups is 1. The predicted molar refractivity (Wildman–Crippen MR) is 82.4 cm³/mol. The van der Waals surface area contributed by atoms with E-state index in [9.17, 15) is 20.0 Å². The first-order chi connectivity index (χ1) is 10.4. The van der Waals surface area contributed by atoms with E-state index in [4.69, 9.17) is 23.2 Å². The minimum atomic E-state index is -0.769. The van der Waals surface area contributed by atoms with Gasteiger partial charge in [0.15, 0.2) is 5.78 Å². The second-order valence-corrected chi connectivity index (χ2v) is 5.15. The minimum absolute atomic E-state index is 0.223. The second-order valence-electron chi connectivity index (χ2n) is 4.31. The molecule has 7 heteroatoms. The van der Waals surface area contributed by atoms with Gasteiger partial charge < -0.3 is 5.11 Å². The van der Waals surface area contributed by atoms with E-state index in [1.165, 1.54) is 30.4 Å². The third-order valence-electron chi connectivity index (χ3n) is 2.80. The molecule has 0 aromatic heterocycles. The van der Waals surface area contributed by atoms with E-state index in [-0.39, 0.29) is 10.6 Å². The molecule has 0 heterocycles. The molecule has 2 aromatic carbocycles. The van der Waals surface area contributed by atoms with Crippen LogP contribution in [0.25, 0.3) is 6.08 Å². The first kappa shape index (κ1) is 16.0. The third-order valence-corrected chi connectivity index (χ3v) is 3.37. The molecule has 0 bridgehead atoms. The Morgan fingerprint density at radius 2 is 1.86 bits per heavy atom. The summed E-state index contributed by atoms with van der Waals surface area (Å²) in [7, 11) is 0. The van der Waals surface area contributed by atoms with Gasteiger partial charge in [0, 0.05) is 16.7 Å². The van der Waals surface area contributed by atoms with Crippen molar-refractivity contribution in [3.05, 3.63) is 73.8 Å². The molecule has 0 aliphatic heterocycles. The van der Waals surface area contributed by atoms with Gasteiger partial charge in [-0.05, 0) is 35.6 Å². The summed E-state index contributed by atoms with van der Waals surface area (Å²) in [5.74, 6) is -1.09. The Morgan fingerprint density at radius 1 is 1.14 bits per heavy atom. The van der Waals surface area contributed by atoms with Gasteiger partial charge in [-0.2, -0.15) is 0 Å². The highest BCUT2D eigenvalue weighted by molar-refractivity contribution is 6.36. The molecule has 0 amide bonds. The largest absolute Gasteiger partial charge is 0.868 e. The van der Waals surface area contributed by atoms with Crippen LogP contribution in [0.1, 0.15) is 15.9 Å². The van der Waals surface area contributed by atoms with Crippen LogP contribution in [0.2, 0.25) is 10.0 Å². The van der Waals surface area contributed by atoms with Crippen molar-refractivity contribution in [2.24, 2.45) is 0 Å². The van der Waals surface area contributed by atoms with Gasteiger partial charge in [-0.15, -0.1) is 0 Å². The highest BCUT2D eigenvalue weighted by Crippen LogP contribution is 2.25. The standard InChI is InChI=1S/C15H9Cl2NO4/c16-10-3-4-12(17)11(8-10)14(19)5-1-9-2-6-15(20)13(7-9)18(21)22/h1-8,20H/p-1/b5-1+. The molecule has 0 saturated heterocycles. The van der Waals surface area contributed by atoms with Crippen molar-refractivity contribution in [1.82, 2.24) is 0 Å². The van der Waals surface area contributed by atoms with Crippen LogP contribution in [0.4, 0.5) is 5.69 Å². The highest BCUT2D eigenvalue weighted by atomic mass is 35.5. The number of halogens is 2. The van der Waals surface area contributed by atoms with Crippen molar-refractivity contribution >= 4 is 40.7 Å². The number of hydrogen-bond donors (Lipinski definition) is 0. The summed E-state index contributed by atoms with van der Waals surface area (Å²) in [6.45, 7) is 0. The Bertz CT molecular complexity index is 787. The van der Waals surface area contributed by atoms with Crippen LogP contribution in [0, 0.1) is 10.1 Å². The van der Waals surface area contributed by atoms with E-state index >= 15 is 0 Å². The average Bonchev–Trinajstić information content (AvgIpc) is 2.48. The Labute approximate surface area is 135 Å². The van der Waals surface area contributed by atoms with E-state index in [0.29, 0.717) is 10.6 Å². The van der Waals surface area contributed by atoms with Crippen molar-refractivity contribution in [2.45, 2.75) is 0 Å². The van der Waals surface area contributed by atoms with Gasteiger partial charge in [0.25, 0.3) is 5.69 Å². The number of nitro benzene ring substituents is 1. The van der Waals surface area contributed by atoms with Crippen molar-refractivity contribution in [3.63, 3.8) is 0 Å². The van der Waals surface area contributed by atoms with Gasteiger partial charge in [0.05, 0.1) is 9.95 Å². The number of allylic oxidation sites excluding steroid dienone is 1. The van der Waals surface area contributed by atoms with Gasteiger partial charge >= 0.3 is 0 Å². The Hall–Kier alpha value is -2.37. The fraction of sp³-hybridized carbons (Fsp3) is 0. The number of hydrogen-bond acceptors (Lipinski definition) is 4. The molecule has 0 unspecified atom stereocenters. The summed E-state index contributed by atoms with van der Waals surface area (Å²) < 4.78 is 0. The van der Waals surface area contributed by atoms with E-state index in [0.717, 1.165) is 12.1 Å². The lowest BCUT2D eigenvalue weighted by molar-refractivity contribution is -0.398. The van der Waals surface area contributed by atoms with Crippen LogP contribution in [0.15, 0.2) is 42.5 Å². The molecule has 0 N–H and O–H groups in total. The molecule has 2 aromatic rings. The fourth-order valence-corrected chi connectivity index (χ4v) is 2.11. The van der Waals surface area contributed by atoms with Crippen LogP contribution < -0.4 is 5.11 Å². The van der Waals surface area contributed by atoms with Crippen LogP contribution in [-0.4, -0.2) is 10.7 Å². The van der Waals surface area contributed by atoms with Crippen molar-refractivity contribution in [3.8, 4) is 5.75 Å². The lowest BCUT2D eigenvalue weighted by atomic mass is 10.1. The normalized spacial score (nSPS) is 10.8. The van der Waals surface area contributed by atoms with Crippen molar-refractivity contribution < 1.29 is 14.8 Å². The fourth-order valence-electron chi connectivity index (χ4n) is 1.73. The van der Waals surface area contributed by atoms with Crippen molar-refractivity contribution in [1.29, 1.82) is 0 Å². The molecular weight excluding hydrogens is 329 g/mol. The van der Waals surface area contributed by atoms with Gasteiger partial charge in [-0.25, -0.2) is 0 Å². The number of carbonyl (C=O) groups excluding carboxylic acids is 1. The quantitative estimate of drug-likeness (QED) is 0.367. The number of benzene rings is 2. The summed E-state index contributed by atoms with van der Waals surface area (Å²) in [4.78, 5) is 22.0. The SMILES string of the molecule is O=C(/C=C/c1ccc([O-])c([N+](=O)[O-])c1)c1cc(Cl)ccc1Cl. The molecule has 0 aliphatic carbocycles. The third kappa shape index (κ3) is 3.63. The molecule has 5 nitrogen and oxygen atoms in total. The monoisotopic (exact) mass is 336 g/mol. The topological polar surface area (TPSA) is 83.3 Å². The van der Waals surface area contributed by atoms with E-state index < -0.39 is 22.1 Å². The Kier molecular flexibility index (Phi) is 4.80. The molecule has 0 saturated carbocycles. The average molecular weight is 337 g/mol. The first-order valence-electron chi connectivity index (χ1n) is 6.01. The van der Waals surface area contributed by atoms with E-state index in [1.54, 1.807) is 6.07 Å². The van der Waals surface area contributed by atoms with E-state index in [1.807, 2.05) is 0 Å². The molecule has 22 heavy (non-hydrogen) atoms. The maximum absolute atomic E-state index is 12.1. The summed E-state index contributed by atoms with van der Waals surface area (Å²) in [5, 5.41) is 22.6. The zero-order valence-corrected chi connectivity index (χ0v) is 12.5. The van der Waals surface area contributed by atoms with Gasteiger partial charge in [0.1, 0.15) is 0 Å². The molecule has 112 valence electrons. The molecule has 0 radical (unpaired) electrons. The zero-order valence-electron chi connectivity index (χ0n) is 11.0. The van der Waals surface area contributed by atoms with Crippen molar-refractivity contribution in [2.75, 3.05) is 0 Å². The van der Waals surface area contributed by atoms with Gasteiger partial charge in [-0.3, -0.25) is 14.9 Å².